The Morgan fingerprint density at radius 2 is 1.68 bits per heavy atom. The summed E-state index contributed by atoms with van der Waals surface area (Å²) in [6, 6.07) is 6.17. The number of carboxylic acid groups (broad SMARTS) is 1. The van der Waals surface area contributed by atoms with E-state index in [0.29, 0.717) is 32.2 Å². The molecule has 1 aromatic rings. The molecule has 6 nitrogen and oxygen atoms in total. The zero-order chi connectivity index (χ0) is 19.6. The Labute approximate surface area is 165 Å². The summed E-state index contributed by atoms with van der Waals surface area (Å²) in [6.07, 6.45) is 8.19. The fraction of sp³-hybridized carbons (Fsp3) is 0.636. The van der Waals surface area contributed by atoms with Crippen LogP contribution in [0, 0.1) is 11.8 Å². The normalized spacial score (nSPS) is 25.9. The van der Waals surface area contributed by atoms with Crippen molar-refractivity contribution in [3.63, 3.8) is 0 Å². The number of carbonyl (C=O) groups excluding carboxylic acids is 1. The van der Waals surface area contributed by atoms with Crippen LogP contribution in [0.25, 0.3) is 0 Å². The zero-order valence-electron chi connectivity index (χ0n) is 16.2. The van der Waals surface area contributed by atoms with Crippen molar-refractivity contribution in [1.82, 2.24) is 5.32 Å². The summed E-state index contributed by atoms with van der Waals surface area (Å²) in [5.41, 5.74) is 1.15. The molecule has 2 saturated carbocycles. The Morgan fingerprint density at radius 1 is 1.00 bits per heavy atom. The first-order valence-electron chi connectivity index (χ1n) is 10.5. The van der Waals surface area contributed by atoms with Gasteiger partial charge < -0.3 is 19.9 Å². The highest BCUT2D eigenvalue weighted by Crippen LogP contribution is 2.43. The van der Waals surface area contributed by atoms with E-state index in [2.05, 4.69) is 17.4 Å². The van der Waals surface area contributed by atoms with Gasteiger partial charge in [-0.05, 0) is 56.2 Å². The lowest BCUT2D eigenvalue weighted by molar-refractivity contribution is -0.144. The molecule has 1 aromatic carbocycles. The monoisotopic (exact) mass is 387 g/mol. The van der Waals surface area contributed by atoms with Gasteiger partial charge in [0.1, 0.15) is 0 Å². The number of carbonyl (C=O) groups is 2. The van der Waals surface area contributed by atoms with E-state index in [1.54, 1.807) is 0 Å². The summed E-state index contributed by atoms with van der Waals surface area (Å²) >= 11 is 0. The molecule has 0 spiro atoms. The molecule has 1 aliphatic heterocycles. The fourth-order valence-electron chi connectivity index (χ4n) is 5.03. The number of amides is 1. The van der Waals surface area contributed by atoms with E-state index >= 15 is 0 Å². The molecule has 1 heterocycles. The van der Waals surface area contributed by atoms with E-state index in [1.165, 1.54) is 12.0 Å². The van der Waals surface area contributed by atoms with Crippen molar-refractivity contribution in [2.75, 3.05) is 13.3 Å². The van der Waals surface area contributed by atoms with Gasteiger partial charge in [0.15, 0.2) is 11.5 Å². The van der Waals surface area contributed by atoms with E-state index in [0.717, 1.165) is 37.2 Å². The highest BCUT2D eigenvalue weighted by atomic mass is 16.7. The van der Waals surface area contributed by atoms with Crippen molar-refractivity contribution in [2.24, 2.45) is 11.8 Å². The third-order valence-electron chi connectivity index (χ3n) is 6.84. The van der Waals surface area contributed by atoms with Crippen LogP contribution in [0.1, 0.15) is 63.4 Å². The molecule has 2 aliphatic carbocycles. The number of aliphatic carboxylic acids is 1. The van der Waals surface area contributed by atoms with Gasteiger partial charge in [-0.25, -0.2) is 0 Å². The first-order valence-corrected chi connectivity index (χ1v) is 10.5. The van der Waals surface area contributed by atoms with Crippen LogP contribution >= 0.6 is 0 Å². The molecule has 152 valence electrons. The lowest BCUT2D eigenvalue weighted by Crippen LogP contribution is -2.44. The number of ether oxygens (including phenoxy) is 2. The summed E-state index contributed by atoms with van der Waals surface area (Å²) in [4.78, 5) is 23.9. The zero-order valence-corrected chi connectivity index (χ0v) is 16.2. The number of hydrogen-bond donors (Lipinski definition) is 2. The molecule has 2 fully saturated rings. The lowest BCUT2D eigenvalue weighted by atomic mass is 9.69. The Kier molecular flexibility index (Phi) is 5.47. The molecule has 0 unspecified atom stereocenters. The average Bonchev–Trinajstić information content (AvgIpc) is 3.21. The molecule has 0 radical (unpaired) electrons. The molecular weight excluding hydrogens is 358 g/mol. The van der Waals surface area contributed by atoms with Gasteiger partial charge in [0, 0.05) is 17.9 Å². The predicted octanol–water partition coefficient (Wildman–Crippen LogP) is 3.62. The van der Waals surface area contributed by atoms with Crippen LogP contribution in [-0.4, -0.2) is 30.3 Å². The second-order valence-electron chi connectivity index (χ2n) is 8.51. The van der Waals surface area contributed by atoms with Gasteiger partial charge in [-0.15, -0.1) is 0 Å². The Hall–Kier alpha value is -2.24. The van der Waals surface area contributed by atoms with E-state index < -0.39 is 5.97 Å². The maximum atomic E-state index is 12.8. The molecule has 4 rings (SSSR count). The summed E-state index contributed by atoms with van der Waals surface area (Å²) in [5, 5.41) is 12.4. The van der Waals surface area contributed by atoms with Gasteiger partial charge in [0.05, 0.1) is 5.92 Å². The van der Waals surface area contributed by atoms with Gasteiger partial charge in [-0.1, -0.05) is 25.3 Å². The van der Waals surface area contributed by atoms with Crippen LogP contribution in [0.5, 0.6) is 11.5 Å². The van der Waals surface area contributed by atoms with E-state index in [4.69, 9.17) is 14.6 Å². The minimum absolute atomic E-state index is 0.0620. The molecule has 0 aromatic heterocycles. The van der Waals surface area contributed by atoms with E-state index in [1.807, 2.05) is 6.07 Å². The number of nitrogens with one attached hydrogen (secondary N) is 1. The van der Waals surface area contributed by atoms with E-state index in [-0.39, 0.29) is 30.0 Å². The smallest absolute Gasteiger partial charge is 0.306 e. The standard InChI is InChI=1S/C22H29NO5/c24-20(15-4-6-16(7-5-15)21(25)26)23-13-22(10-2-1-3-11-22)17-8-9-18-19(12-17)28-14-27-18/h8-9,12,15-16H,1-7,10-11,13-14H2,(H,23,24)(H,25,26). The van der Waals surface area contributed by atoms with Crippen molar-refractivity contribution in [1.29, 1.82) is 0 Å². The third-order valence-corrected chi connectivity index (χ3v) is 6.84. The lowest BCUT2D eigenvalue weighted by Gasteiger charge is -2.38. The molecule has 6 heteroatoms. The third kappa shape index (κ3) is 3.82. The Morgan fingerprint density at radius 3 is 2.39 bits per heavy atom. The van der Waals surface area contributed by atoms with Crippen LogP contribution in [0.3, 0.4) is 0 Å². The second kappa shape index (κ2) is 8.02. The fourth-order valence-corrected chi connectivity index (χ4v) is 5.03. The van der Waals surface area contributed by atoms with Crippen LogP contribution in [-0.2, 0) is 15.0 Å². The highest BCUT2D eigenvalue weighted by molar-refractivity contribution is 5.79. The average molecular weight is 387 g/mol. The number of fused-ring (bicyclic) bond motifs is 1. The van der Waals surface area contributed by atoms with Crippen molar-refractivity contribution < 1.29 is 24.2 Å². The number of hydrogen-bond acceptors (Lipinski definition) is 4. The first kappa shape index (κ1) is 19.1. The molecular formula is C22H29NO5. The van der Waals surface area contributed by atoms with Crippen molar-refractivity contribution in [2.45, 2.75) is 63.2 Å². The van der Waals surface area contributed by atoms with Gasteiger partial charge in [0.2, 0.25) is 12.7 Å². The van der Waals surface area contributed by atoms with Gasteiger partial charge in [-0.2, -0.15) is 0 Å². The quantitative estimate of drug-likeness (QED) is 0.806. The molecule has 0 bridgehead atoms. The molecule has 0 saturated heterocycles. The van der Waals surface area contributed by atoms with Gasteiger partial charge in [0.25, 0.3) is 0 Å². The van der Waals surface area contributed by atoms with Gasteiger partial charge >= 0.3 is 5.97 Å². The molecule has 3 aliphatic rings. The summed E-state index contributed by atoms with van der Waals surface area (Å²) in [7, 11) is 0. The van der Waals surface area contributed by atoms with Crippen molar-refractivity contribution in [3.05, 3.63) is 23.8 Å². The van der Waals surface area contributed by atoms with Crippen LogP contribution in [0.2, 0.25) is 0 Å². The van der Waals surface area contributed by atoms with Crippen LogP contribution < -0.4 is 14.8 Å². The molecule has 1 amide bonds. The number of rotatable bonds is 5. The summed E-state index contributed by atoms with van der Waals surface area (Å²) in [5.74, 6) is 0.572. The predicted molar refractivity (Wildman–Crippen MR) is 103 cm³/mol. The minimum atomic E-state index is -0.733. The maximum absolute atomic E-state index is 12.8. The van der Waals surface area contributed by atoms with Crippen molar-refractivity contribution >= 4 is 11.9 Å². The summed E-state index contributed by atoms with van der Waals surface area (Å²) in [6.45, 7) is 0.895. The van der Waals surface area contributed by atoms with Crippen LogP contribution in [0.15, 0.2) is 18.2 Å². The number of carboxylic acids is 1. The van der Waals surface area contributed by atoms with Gasteiger partial charge in [-0.3, -0.25) is 9.59 Å². The molecule has 0 atom stereocenters. The number of benzene rings is 1. The SMILES string of the molecule is O=C(O)C1CCC(C(=O)NCC2(c3ccc4c(c3)OCO4)CCCCC2)CC1. The Balaban J connectivity index is 1.43. The largest absolute Gasteiger partial charge is 0.481 e. The highest BCUT2D eigenvalue weighted by Gasteiger charge is 2.37. The van der Waals surface area contributed by atoms with Crippen molar-refractivity contribution in [3.8, 4) is 11.5 Å². The molecule has 28 heavy (non-hydrogen) atoms. The maximum Gasteiger partial charge on any atom is 0.306 e. The molecule has 2 N–H and O–H groups in total. The van der Waals surface area contributed by atoms with E-state index in [9.17, 15) is 9.59 Å². The van der Waals surface area contributed by atoms with Crippen LogP contribution in [0.4, 0.5) is 0 Å². The Bertz CT molecular complexity index is 732. The minimum Gasteiger partial charge on any atom is -0.481 e. The topological polar surface area (TPSA) is 84.9 Å². The second-order valence-corrected chi connectivity index (χ2v) is 8.51. The summed E-state index contributed by atoms with van der Waals surface area (Å²) < 4.78 is 11.0. The first-order chi connectivity index (χ1) is 13.6.